The molecule has 0 fully saturated rings. The molecule has 1 aromatic rings. The first-order chi connectivity index (χ1) is 10.3. The molecule has 0 saturated carbocycles. The van der Waals surface area contributed by atoms with Crippen LogP contribution in [-0.2, 0) is 14.8 Å². The van der Waals surface area contributed by atoms with Crippen LogP contribution in [0.1, 0.15) is 25.8 Å². The van der Waals surface area contributed by atoms with E-state index < -0.39 is 22.0 Å². The number of aryl methyl sites for hydroxylation is 1. The van der Waals surface area contributed by atoms with Gasteiger partial charge in [0, 0.05) is 0 Å². The molecule has 0 saturated heterocycles. The first-order valence-corrected chi connectivity index (χ1v) is 8.54. The molecule has 0 bridgehead atoms. The first-order valence-electron chi connectivity index (χ1n) is 7.06. The van der Waals surface area contributed by atoms with Crippen LogP contribution in [0.2, 0.25) is 0 Å². The number of amides is 1. The molecule has 0 heterocycles. The Balaban J connectivity index is 2.94. The van der Waals surface area contributed by atoms with E-state index in [-0.39, 0.29) is 17.4 Å². The molecule has 1 aromatic carbocycles. The van der Waals surface area contributed by atoms with Crippen molar-refractivity contribution in [2.24, 2.45) is 5.92 Å². The molecule has 0 aromatic heterocycles. The van der Waals surface area contributed by atoms with Gasteiger partial charge in [-0.2, -0.15) is 4.72 Å². The number of hydrogen-bond donors (Lipinski definition) is 2. The van der Waals surface area contributed by atoms with E-state index >= 15 is 0 Å². The molecule has 1 rings (SSSR count). The van der Waals surface area contributed by atoms with Crippen LogP contribution in [0.4, 0.5) is 0 Å². The fraction of sp³-hybridized carbons (Fsp3) is 0.438. The van der Waals surface area contributed by atoms with E-state index in [1.54, 1.807) is 12.1 Å². The predicted molar refractivity (Wildman–Crippen MR) is 86.6 cm³/mol. The van der Waals surface area contributed by atoms with Gasteiger partial charge in [0.15, 0.2) is 0 Å². The van der Waals surface area contributed by atoms with Crippen molar-refractivity contribution in [2.45, 2.75) is 38.1 Å². The fourth-order valence-electron chi connectivity index (χ4n) is 1.91. The predicted octanol–water partition coefficient (Wildman–Crippen LogP) is 1.44. The number of sulfonamides is 1. The van der Waals surface area contributed by atoms with Crippen LogP contribution in [0.15, 0.2) is 29.2 Å². The van der Waals surface area contributed by atoms with Crippen molar-refractivity contribution in [3.8, 4) is 12.3 Å². The van der Waals surface area contributed by atoms with Crippen LogP contribution in [0.25, 0.3) is 0 Å². The Morgan fingerprint density at radius 1 is 1.27 bits per heavy atom. The zero-order chi connectivity index (χ0) is 16.8. The van der Waals surface area contributed by atoms with Crippen LogP contribution >= 0.6 is 0 Å². The number of carbonyl (C=O) groups excluding carboxylic acids is 1. The van der Waals surface area contributed by atoms with Crippen LogP contribution in [0.3, 0.4) is 0 Å². The second-order valence-electron chi connectivity index (χ2n) is 5.54. The highest BCUT2D eigenvalue weighted by atomic mass is 32.2. The van der Waals surface area contributed by atoms with E-state index in [2.05, 4.69) is 16.0 Å². The molecule has 5 nitrogen and oxygen atoms in total. The van der Waals surface area contributed by atoms with E-state index in [9.17, 15) is 13.2 Å². The number of rotatable bonds is 7. The molecule has 22 heavy (non-hydrogen) atoms. The smallest absolute Gasteiger partial charge is 0.241 e. The van der Waals surface area contributed by atoms with E-state index in [1.165, 1.54) is 12.1 Å². The largest absolute Gasteiger partial charge is 0.344 e. The molecular formula is C16H22N2O3S. The molecule has 120 valence electrons. The Labute approximate surface area is 132 Å². The normalized spacial score (nSPS) is 12.7. The van der Waals surface area contributed by atoms with Crippen LogP contribution < -0.4 is 10.0 Å². The first kappa shape index (κ1) is 18.2. The third-order valence-electron chi connectivity index (χ3n) is 3.02. The molecule has 0 aliphatic carbocycles. The molecule has 0 aliphatic heterocycles. The van der Waals surface area contributed by atoms with Gasteiger partial charge in [-0.3, -0.25) is 4.79 Å². The zero-order valence-corrected chi connectivity index (χ0v) is 13.9. The number of hydrogen-bond acceptors (Lipinski definition) is 3. The van der Waals surface area contributed by atoms with Gasteiger partial charge in [-0.05, 0) is 31.4 Å². The van der Waals surface area contributed by atoms with Crippen molar-refractivity contribution in [3.63, 3.8) is 0 Å². The van der Waals surface area contributed by atoms with Gasteiger partial charge in [-0.1, -0.05) is 37.5 Å². The summed E-state index contributed by atoms with van der Waals surface area (Å²) in [4.78, 5) is 12.2. The summed E-state index contributed by atoms with van der Waals surface area (Å²) in [6, 6.07) is 5.61. The molecule has 6 heteroatoms. The topological polar surface area (TPSA) is 75.3 Å². The van der Waals surface area contributed by atoms with Gasteiger partial charge in [0.1, 0.15) is 6.04 Å². The summed E-state index contributed by atoms with van der Waals surface area (Å²) >= 11 is 0. The summed E-state index contributed by atoms with van der Waals surface area (Å²) in [7, 11) is -3.75. The summed E-state index contributed by atoms with van der Waals surface area (Å²) in [6.07, 6.45) is 5.50. The Bertz CT molecular complexity index is 643. The zero-order valence-electron chi connectivity index (χ0n) is 13.1. The van der Waals surface area contributed by atoms with Crippen molar-refractivity contribution in [1.29, 1.82) is 0 Å². The van der Waals surface area contributed by atoms with Crippen LogP contribution in [0.5, 0.6) is 0 Å². The lowest BCUT2D eigenvalue weighted by Crippen LogP contribution is -2.47. The quantitative estimate of drug-likeness (QED) is 0.746. The Morgan fingerprint density at radius 2 is 1.86 bits per heavy atom. The van der Waals surface area contributed by atoms with E-state index in [0.29, 0.717) is 6.42 Å². The summed E-state index contributed by atoms with van der Waals surface area (Å²) in [6.45, 7) is 5.78. The third kappa shape index (κ3) is 5.51. The number of carbonyl (C=O) groups is 1. The summed E-state index contributed by atoms with van der Waals surface area (Å²) in [5, 5.41) is 2.52. The van der Waals surface area contributed by atoms with E-state index in [0.717, 1.165) is 5.56 Å². The fourth-order valence-corrected chi connectivity index (χ4v) is 3.12. The summed E-state index contributed by atoms with van der Waals surface area (Å²) in [5.41, 5.74) is 0.962. The van der Waals surface area contributed by atoms with Crippen molar-refractivity contribution in [1.82, 2.24) is 10.0 Å². The lowest BCUT2D eigenvalue weighted by atomic mass is 10.0. The highest BCUT2D eigenvalue weighted by molar-refractivity contribution is 7.89. The molecule has 0 spiro atoms. The van der Waals surface area contributed by atoms with Crippen molar-refractivity contribution >= 4 is 15.9 Å². The van der Waals surface area contributed by atoms with Gasteiger partial charge < -0.3 is 5.32 Å². The molecule has 1 amide bonds. The summed E-state index contributed by atoms with van der Waals surface area (Å²) < 4.78 is 27.2. The molecular weight excluding hydrogens is 300 g/mol. The molecule has 1 atom stereocenters. The molecule has 1 unspecified atom stereocenters. The maximum atomic E-state index is 12.4. The Morgan fingerprint density at radius 3 is 2.36 bits per heavy atom. The molecule has 2 N–H and O–H groups in total. The van der Waals surface area contributed by atoms with Gasteiger partial charge in [0.05, 0.1) is 11.4 Å². The second kappa shape index (κ2) is 7.97. The van der Waals surface area contributed by atoms with Crippen LogP contribution in [0, 0.1) is 25.2 Å². The Kier molecular flexibility index (Phi) is 6.60. The average molecular weight is 322 g/mol. The number of benzene rings is 1. The van der Waals surface area contributed by atoms with E-state index in [1.807, 2.05) is 20.8 Å². The SMILES string of the molecule is C#CCNC(=O)C(CC(C)C)NS(=O)(=O)c1ccc(C)cc1. The Hall–Kier alpha value is -1.84. The highest BCUT2D eigenvalue weighted by Crippen LogP contribution is 2.13. The average Bonchev–Trinajstić information content (AvgIpc) is 2.43. The minimum atomic E-state index is -3.75. The third-order valence-corrected chi connectivity index (χ3v) is 4.50. The monoisotopic (exact) mass is 322 g/mol. The van der Waals surface area contributed by atoms with Crippen LogP contribution in [-0.4, -0.2) is 26.9 Å². The minimum absolute atomic E-state index is 0.0691. The lowest BCUT2D eigenvalue weighted by molar-refractivity contribution is -0.122. The molecule has 0 aliphatic rings. The number of nitrogens with one attached hydrogen (secondary N) is 2. The van der Waals surface area contributed by atoms with Gasteiger partial charge in [-0.25, -0.2) is 8.42 Å². The highest BCUT2D eigenvalue weighted by Gasteiger charge is 2.26. The summed E-state index contributed by atoms with van der Waals surface area (Å²) in [5.74, 6) is 2.04. The maximum Gasteiger partial charge on any atom is 0.241 e. The molecule has 0 radical (unpaired) electrons. The lowest BCUT2D eigenvalue weighted by Gasteiger charge is -2.19. The van der Waals surface area contributed by atoms with Gasteiger partial charge in [0.2, 0.25) is 15.9 Å². The second-order valence-corrected chi connectivity index (χ2v) is 7.25. The van der Waals surface area contributed by atoms with Gasteiger partial charge >= 0.3 is 0 Å². The number of terminal acetylenes is 1. The maximum absolute atomic E-state index is 12.4. The standard InChI is InChI=1S/C16H22N2O3S/c1-5-10-17-16(19)15(11-12(2)3)18-22(20,21)14-8-6-13(4)7-9-14/h1,6-9,12,15,18H,10-11H2,2-4H3,(H,17,19). The van der Waals surface area contributed by atoms with Gasteiger partial charge in [-0.15, -0.1) is 6.42 Å². The van der Waals surface area contributed by atoms with E-state index in [4.69, 9.17) is 6.42 Å². The van der Waals surface area contributed by atoms with Gasteiger partial charge in [0.25, 0.3) is 0 Å². The minimum Gasteiger partial charge on any atom is -0.344 e. The van der Waals surface area contributed by atoms with Crippen molar-refractivity contribution in [3.05, 3.63) is 29.8 Å². The van der Waals surface area contributed by atoms with Crippen molar-refractivity contribution < 1.29 is 13.2 Å². The van der Waals surface area contributed by atoms with Crippen molar-refractivity contribution in [2.75, 3.05) is 6.54 Å².